The molecule has 1 heteroatoms. The maximum atomic E-state index is 9.73. The Morgan fingerprint density at radius 2 is 0.786 bits per heavy atom. The van der Waals surface area contributed by atoms with E-state index in [4.69, 9.17) is 0 Å². The lowest BCUT2D eigenvalue weighted by Crippen LogP contribution is -2.28. The predicted molar refractivity (Wildman–Crippen MR) is 236 cm³/mol. The third kappa shape index (κ3) is 4.88. The molecule has 0 atom stereocenters. The van der Waals surface area contributed by atoms with E-state index in [1.54, 1.807) is 0 Å². The molecule has 262 valence electrons. The van der Waals surface area contributed by atoms with Gasteiger partial charge < -0.3 is 4.90 Å². The van der Waals surface area contributed by atoms with Crippen molar-refractivity contribution < 1.29 is 5.48 Å². The third-order valence-corrected chi connectivity index (χ3v) is 11.6. The first-order valence-electron chi connectivity index (χ1n) is 21.1. The van der Waals surface area contributed by atoms with E-state index in [0.29, 0.717) is 5.56 Å². The zero-order valence-corrected chi connectivity index (χ0v) is 30.5. The summed E-state index contributed by atoms with van der Waals surface area (Å²) in [6.07, 6.45) is 0. The van der Waals surface area contributed by atoms with Gasteiger partial charge in [0, 0.05) is 17.1 Å². The minimum atomic E-state index is -0.680. The molecule has 1 aliphatic rings. The lowest BCUT2D eigenvalue weighted by Gasteiger charge is -2.35. The molecule has 1 aliphatic carbocycles. The molecule has 0 bridgehead atoms. The Kier molecular flexibility index (Phi) is 6.55. The summed E-state index contributed by atoms with van der Waals surface area (Å²) in [6.45, 7) is 0. The Morgan fingerprint density at radius 1 is 0.321 bits per heavy atom. The van der Waals surface area contributed by atoms with Gasteiger partial charge in [-0.25, -0.2) is 0 Å². The molecule has 10 aromatic carbocycles. The molecule has 10 aromatic rings. The van der Waals surface area contributed by atoms with Gasteiger partial charge in [0.25, 0.3) is 0 Å². The summed E-state index contributed by atoms with van der Waals surface area (Å²) < 4.78 is 38.3. The molecule has 0 fully saturated rings. The molecule has 11 rings (SSSR count). The first-order valence-corrected chi connectivity index (χ1v) is 19.1. The summed E-state index contributed by atoms with van der Waals surface area (Å²) in [5, 5.41) is 6.71. The molecule has 0 radical (unpaired) electrons. The van der Waals surface area contributed by atoms with Crippen LogP contribution in [0.25, 0.3) is 54.6 Å². The van der Waals surface area contributed by atoms with Gasteiger partial charge in [-0.15, -0.1) is 0 Å². The van der Waals surface area contributed by atoms with Gasteiger partial charge in [0.2, 0.25) is 0 Å². The van der Waals surface area contributed by atoms with Crippen molar-refractivity contribution in [2.24, 2.45) is 0 Å². The Labute approximate surface area is 333 Å². The van der Waals surface area contributed by atoms with E-state index in [1.165, 1.54) is 10.9 Å². The number of rotatable bonds is 6. The molecule has 0 saturated heterocycles. The molecule has 0 aliphatic heterocycles. The van der Waals surface area contributed by atoms with Crippen molar-refractivity contribution in [2.75, 3.05) is 4.90 Å². The number of hydrogen-bond donors (Lipinski definition) is 0. The lowest BCUT2D eigenvalue weighted by atomic mass is 9.67. The van der Waals surface area contributed by atoms with Crippen LogP contribution in [0.15, 0.2) is 224 Å². The first-order chi connectivity index (χ1) is 29.5. The quantitative estimate of drug-likeness (QED) is 0.155. The SMILES string of the molecule is [2H]c1c([2H])c(N(c2ccc3c(c2)C(c2ccccc2)(c2ccccc2)c2ccccc2-3)c2ccc3c4ccccc4c4ccccc4c3c2)c([2H])c([2H])c1-c1ccccc1. The number of benzene rings is 10. The van der Waals surface area contributed by atoms with Gasteiger partial charge in [0.05, 0.1) is 10.9 Å². The Bertz CT molecular complexity index is 3210. The molecule has 0 aromatic heterocycles. The summed E-state index contributed by atoms with van der Waals surface area (Å²) in [4.78, 5) is 1.95. The van der Waals surface area contributed by atoms with E-state index in [-0.39, 0.29) is 35.4 Å². The molecular weight excluding hydrogens is 675 g/mol. The molecule has 56 heavy (non-hydrogen) atoms. The van der Waals surface area contributed by atoms with Gasteiger partial charge in [-0.2, -0.15) is 0 Å². The highest BCUT2D eigenvalue weighted by molar-refractivity contribution is 6.25. The fraction of sp³-hybridized carbons (Fsp3) is 0.0182. The fourth-order valence-electron chi connectivity index (χ4n) is 9.18. The molecule has 0 saturated carbocycles. The Hall–Kier alpha value is -7.22. The minimum absolute atomic E-state index is 0.0871. The monoisotopic (exact) mass is 715 g/mol. The number of anilines is 3. The predicted octanol–water partition coefficient (Wildman–Crippen LogP) is 14.6. The largest absolute Gasteiger partial charge is 0.310 e. The molecule has 0 N–H and O–H groups in total. The zero-order valence-electron chi connectivity index (χ0n) is 34.5. The second-order valence-electron chi connectivity index (χ2n) is 14.5. The van der Waals surface area contributed by atoms with Crippen molar-refractivity contribution >= 4 is 49.4 Å². The van der Waals surface area contributed by atoms with E-state index in [0.717, 1.165) is 66.1 Å². The van der Waals surface area contributed by atoms with Crippen LogP contribution in [0.1, 0.15) is 27.7 Å². The van der Waals surface area contributed by atoms with Crippen molar-refractivity contribution in [1.82, 2.24) is 0 Å². The summed E-state index contributed by atoms with van der Waals surface area (Å²) in [5.41, 5.74) is 8.68. The van der Waals surface area contributed by atoms with E-state index in [1.807, 2.05) is 35.2 Å². The van der Waals surface area contributed by atoms with Crippen LogP contribution in [-0.4, -0.2) is 0 Å². The minimum Gasteiger partial charge on any atom is -0.310 e. The van der Waals surface area contributed by atoms with Crippen LogP contribution >= 0.6 is 0 Å². The maximum Gasteiger partial charge on any atom is 0.0714 e. The summed E-state index contributed by atoms with van der Waals surface area (Å²) in [5.74, 6) is 0. The van der Waals surface area contributed by atoms with E-state index in [9.17, 15) is 5.48 Å². The Balaban J connectivity index is 1.24. The number of nitrogens with zero attached hydrogens (tertiary/aromatic N) is 1. The van der Waals surface area contributed by atoms with Crippen molar-refractivity contribution in [3.05, 3.63) is 247 Å². The van der Waals surface area contributed by atoms with Crippen molar-refractivity contribution in [3.8, 4) is 22.3 Å². The zero-order chi connectivity index (χ0) is 40.5. The third-order valence-electron chi connectivity index (χ3n) is 11.6. The van der Waals surface area contributed by atoms with Gasteiger partial charge in [-0.3, -0.25) is 0 Å². The van der Waals surface area contributed by atoms with Gasteiger partial charge in [0.1, 0.15) is 0 Å². The van der Waals surface area contributed by atoms with E-state index >= 15 is 0 Å². The van der Waals surface area contributed by atoms with Crippen molar-refractivity contribution in [1.29, 1.82) is 0 Å². The second kappa shape index (κ2) is 13.0. The highest BCUT2D eigenvalue weighted by Gasteiger charge is 2.46. The molecule has 0 heterocycles. The number of fused-ring (bicyclic) bond motifs is 9. The van der Waals surface area contributed by atoms with E-state index < -0.39 is 5.41 Å². The highest BCUT2D eigenvalue weighted by Crippen LogP contribution is 2.57. The molecule has 0 amide bonds. The Morgan fingerprint density at radius 3 is 1.41 bits per heavy atom. The van der Waals surface area contributed by atoms with E-state index in [2.05, 4.69) is 170 Å². The van der Waals surface area contributed by atoms with Crippen LogP contribution in [0.2, 0.25) is 0 Å². The average Bonchev–Trinajstić information content (AvgIpc) is 3.61. The summed E-state index contributed by atoms with van der Waals surface area (Å²) in [7, 11) is 0. The normalized spacial score (nSPS) is 13.8. The van der Waals surface area contributed by atoms with Crippen molar-refractivity contribution in [3.63, 3.8) is 0 Å². The standard InChI is InChI=1S/C55H37N/c1-4-16-38(17-5-1)39-28-30-42(31-29-39)56(43-32-34-49-47-24-11-10-22-45(47)46-23-12-13-25-48(46)52(49)36-43)44-33-35-51-50-26-14-15-27-53(50)55(54(51)37-44,40-18-6-2-7-19-40)41-20-8-3-9-21-41/h1-37H/i28D,29D,30D,31D. The summed E-state index contributed by atoms with van der Waals surface area (Å²) >= 11 is 0. The second-order valence-corrected chi connectivity index (χ2v) is 14.5. The average molecular weight is 716 g/mol. The maximum absolute atomic E-state index is 9.73. The van der Waals surface area contributed by atoms with Gasteiger partial charge in [-0.1, -0.05) is 188 Å². The van der Waals surface area contributed by atoms with Crippen LogP contribution in [0, 0.1) is 0 Å². The van der Waals surface area contributed by atoms with Gasteiger partial charge >= 0.3 is 0 Å². The molecule has 0 spiro atoms. The van der Waals surface area contributed by atoms with Crippen LogP contribution in [-0.2, 0) is 5.41 Å². The van der Waals surface area contributed by atoms with Crippen LogP contribution in [0.5, 0.6) is 0 Å². The molecule has 0 unspecified atom stereocenters. The van der Waals surface area contributed by atoms with Crippen LogP contribution in [0.4, 0.5) is 17.1 Å². The lowest BCUT2D eigenvalue weighted by molar-refractivity contribution is 0.768. The smallest absolute Gasteiger partial charge is 0.0714 e. The summed E-state index contributed by atoms with van der Waals surface area (Å²) in [6, 6.07) is 68.6. The fourth-order valence-corrected chi connectivity index (χ4v) is 9.18. The van der Waals surface area contributed by atoms with Crippen LogP contribution < -0.4 is 4.90 Å². The topological polar surface area (TPSA) is 3.24 Å². The van der Waals surface area contributed by atoms with Crippen LogP contribution in [0.3, 0.4) is 0 Å². The highest BCUT2D eigenvalue weighted by atomic mass is 15.1. The molecular formula is C55H37N. The molecule has 1 nitrogen and oxygen atoms in total. The van der Waals surface area contributed by atoms with Gasteiger partial charge in [-0.05, 0) is 113 Å². The van der Waals surface area contributed by atoms with Crippen molar-refractivity contribution in [2.45, 2.75) is 5.41 Å². The number of hydrogen-bond acceptors (Lipinski definition) is 1. The first kappa shape index (κ1) is 28.3. The van der Waals surface area contributed by atoms with Gasteiger partial charge in [0.15, 0.2) is 0 Å².